The first-order valence-corrected chi connectivity index (χ1v) is 7.06. The van der Waals surface area contributed by atoms with Crippen molar-refractivity contribution in [3.05, 3.63) is 27.8 Å². The number of anilines is 1. The smallest absolute Gasteiger partial charge is 0.313 e. The Kier molecular flexibility index (Phi) is 6.70. The lowest BCUT2D eigenvalue weighted by atomic mass is 10.2. The number of rotatable bonds is 5. The molecule has 0 fully saturated rings. The zero-order chi connectivity index (χ0) is 13.4. The lowest BCUT2D eigenvalue weighted by molar-refractivity contribution is -0.136. The number of hydrogen-bond acceptors (Lipinski definition) is 2. The lowest BCUT2D eigenvalue weighted by Gasteiger charge is -2.06. The second-order valence-electron chi connectivity index (χ2n) is 3.92. The molecule has 0 radical (unpaired) electrons. The minimum Gasteiger partial charge on any atom is -0.348 e. The minimum absolute atomic E-state index is 0.548. The molecule has 2 N–H and O–H groups in total. The molecular weight excluding hydrogens is 343 g/mol. The number of nitrogens with one attached hydrogen (secondary N) is 2. The van der Waals surface area contributed by atoms with E-state index in [1.807, 2.05) is 12.1 Å². The summed E-state index contributed by atoms with van der Waals surface area (Å²) in [7, 11) is 0. The zero-order valence-electron chi connectivity index (χ0n) is 10.3. The Morgan fingerprint density at radius 3 is 2.39 bits per heavy atom. The molecule has 0 atom stereocenters. The molecule has 1 rings (SSSR count). The molecule has 0 saturated heterocycles. The van der Waals surface area contributed by atoms with Gasteiger partial charge in [0.15, 0.2) is 0 Å². The Hall–Kier alpha value is -1.11. The quantitative estimate of drug-likeness (QED) is 0.482. The second-order valence-corrected chi connectivity index (χ2v) is 5.17. The van der Waals surface area contributed by atoms with E-state index in [1.54, 1.807) is 12.1 Å². The molecule has 0 unspecified atom stereocenters. The van der Waals surface area contributed by atoms with Crippen LogP contribution in [0.25, 0.3) is 0 Å². The van der Waals surface area contributed by atoms with Crippen molar-refractivity contribution in [1.29, 1.82) is 0 Å². The standard InChI is InChI=1S/C13H17IN2O2/c1-2-3-4-9-15-12(17)13(18)16-11-7-5-10(14)6-8-11/h5-8H,2-4,9H2,1H3,(H,15,17)(H,16,18). The molecule has 0 aromatic heterocycles. The van der Waals surface area contributed by atoms with Gasteiger partial charge in [0, 0.05) is 15.8 Å². The van der Waals surface area contributed by atoms with E-state index in [1.165, 1.54) is 0 Å². The molecule has 0 aliphatic heterocycles. The highest BCUT2D eigenvalue weighted by Gasteiger charge is 2.12. The van der Waals surface area contributed by atoms with Crippen molar-refractivity contribution >= 4 is 40.1 Å². The summed E-state index contributed by atoms with van der Waals surface area (Å²) in [4.78, 5) is 23.0. The summed E-state index contributed by atoms with van der Waals surface area (Å²) < 4.78 is 1.08. The summed E-state index contributed by atoms with van der Waals surface area (Å²) in [5.41, 5.74) is 0.629. The molecule has 0 aliphatic carbocycles. The van der Waals surface area contributed by atoms with Crippen LogP contribution in [0.1, 0.15) is 26.2 Å². The third kappa shape index (κ3) is 5.48. The van der Waals surface area contributed by atoms with Gasteiger partial charge in [-0.3, -0.25) is 9.59 Å². The van der Waals surface area contributed by atoms with Crippen molar-refractivity contribution in [3.8, 4) is 0 Å². The van der Waals surface area contributed by atoms with Gasteiger partial charge in [0.2, 0.25) is 0 Å². The zero-order valence-corrected chi connectivity index (χ0v) is 12.5. The van der Waals surface area contributed by atoms with Crippen molar-refractivity contribution in [2.45, 2.75) is 26.2 Å². The van der Waals surface area contributed by atoms with E-state index in [9.17, 15) is 9.59 Å². The van der Waals surface area contributed by atoms with E-state index in [2.05, 4.69) is 40.1 Å². The molecule has 1 aromatic carbocycles. The number of amides is 2. The number of benzene rings is 1. The van der Waals surface area contributed by atoms with E-state index in [0.717, 1.165) is 22.8 Å². The SMILES string of the molecule is CCCCCNC(=O)C(=O)Nc1ccc(I)cc1. The molecule has 2 amide bonds. The first-order chi connectivity index (χ1) is 8.63. The Bertz CT molecular complexity index is 404. The minimum atomic E-state index is -0.618. The molecule has 0 aliphatic rings. The maximum atomic E-state index is 11.5. The average molecular weight is 360 g/mol. The highest BCUT2D eigenvalue weighted by atomic mass is 127. The molecule has 5 heteroatoms. The van der Waals surface area contributed by atoms with Crippen LogP contribution in [0.2, 0.25) is 0 Å². The Morgan fingerprint density at radius 1 is 1.11 bits per heavy atom. The number of hydrogen-bond donors (Lipinski definition) is 2. The predicted octanol–water partition coefficient (Wildman–Crippen LogP) is 2.54. The Balaban J connectivity index is 2.35. The molecule has 0 heterocycles. The first kappa shape index (κ1) is 14.9. The van der Waals surface area contributed by atoms with Gasteiger partial charge in [0.25, 0.3) is 0 Å². The Labute approximate surface area is 121 Å². The summed E-state index contributed by atoms with van der Waals surface area (Å²) in [5.74, 6) is -1.20. The van der Waals surface area contributed by atoms with E-state index in [-0.39, 0.29) is 0 Å². The molecule has 0 saturated carbocycles. The summed E-state index contributed by atoms with van der Waals surface area (Å²) in [6.45, 7) is 2.64. The van der Waals surface area contributed by atoms with Crippen LogP contribution in [0.15, 0.2) is 24.3 Å². The van der Waals surface area contributed by atoms with Crippen LogP contribution >= 0.6 is 22.6 Å². The maximum Gasteiger partial charge on any atom is 0.313 e. The van der Waals surface area contributed by atoms with Crippen LogP contribution in [-0.2, 0) is 9.59 Å². The van der Waals surface area contributed by atoms with Gasteiger partial charge in [0.05, 0.1) is 0 Å². The largest absolute Gasteiger partial charge is 0.348 e. The summed E-state index contributed by atoms with van der Waals surface area (Å²) in [6.07, 6.45) is 3.04. The van der Waals surface area contributed by atoms with E-state index in [0.29, 0.717) is 12.2 Å². The van der Waals surface area contributed by atoms with Crippen molar-refractivity contribution in [3.63, 3.8) is 0 Å². The van der Waals surface area contributed by atoms with Crippen molar-refractivity contribution < 1.29 is 9.59 Å². The highest BCUT2D eigenvalue weighted by Crippen LogP contribution is 2.10. The van der Waals surface area contributed by atoms with Crippen LogP contribution in [-0.4, -0.2) is 18.4 Å². The highest BCUT2D eigenvalue weighted by molar-refractivity contribution is 14.1. The average Bonchev–Trinajstić information content (AvgIpc) is 2.37. The fraction of sp³-hybridized carbons (Fsp3) is 0.385. The van der Waals surface area contributed by atoms with Crippen LogP contribution in [0, 0.1) is 3.57 Å². The van der Waals surface area contributed by atoms with Gasteiger partial charge in [0.1, 0.15) is 0 Å². The fourth-order valence-corrected chi connectivity index (χ4v) is 1.74. The van der Waals surface area contributed by atoms with Gasteiger partial charge in [-0.05, 0) is 53.3 Å². The van der Waals surface area contributed by atoms with Crippen LogP contribution in [0.5, 0.6) is 0 Å². The molecule has 4 nitrogen and oxygen atoms in total. The number of carbonyl (C=O) groups is 2. The van der Waals surface area contributed by atoms with Crippen LogP contribution in [0.3, 0.4) is 0 Å². The molecule has 0 bridgehead atoms. The van der Waals surface area contributed by atoms with E-state index >= 15 is 0 Å². The second kappa shape index (κ2) is 8.07. The Morgan fingerprint density at radius 2 is 1.78 bits per heavy atom. The molecule has 18 heavy (non-hydrogen) atoms. The number of carbonyl (C=O) groups excluding carboxylic acids is 2. The van der Waals surface area contributed by atoms with Crippen molar-refractivity contribution in [1.82, 2.24) is 5.32 Å². The van der Waals surface area contributed by atoms with Crippen molar-refractivity contribution in [2.75, 3.05) is 11.9 Å². The van der Waals surface area contributed by atoms with Gasteiger partial charge in [-0.1, -0.05) is 19.8 Å². The molecular formula is C13H17IN2O2. The summed E-state index contributed by atoms with van der Waals surface area (Å²) in [5, 5.41) is 5.15. The first-order valence-electron chi connectivity index (χ1n) is 5.98. The summed E-state index contributed by atoms with van der Waals surface area (Å²) in [6, 6.07) is 7.28. The van der Waals surface area contributed by atoms with Gasteiger partial charge >= 0.3 is 11.8 Å². The third-order valence-corrected chi connectivity index (χ3v) is 3.09. The number of halogens is 1. The molecule has 0 spiro atoms. The van der Waals surface area contributed by atoms with Gasteiger partial charge in [-0.2, -0.15) is 0 Å². The van der Waals surface area contributed by atoms with Crippen LogP contribution in [0.4, 0.5) is 5.69 Å². The predicted molar refractivity (Wildman–Crippen MR) is 80.3 cm³/mol. The van der Waals surface area contributed by atoms with Crippen molar-refractivity contribution in [2.24, 2.45) is 0 Å². The maximum absolute atomic E-state index is 11.5. The van der Waals surface area contributed by atoms with Gasteiger partial charge < -0.3 is 10.6 Å². The normalized spacial score (nSPS) is 9.89. The topological polar surface area (TPSA) is 58.2 Å². The number of unbranched alkanes of at least 4 members (excludes halogenated alkanes) is 2. The summed E-state index contributed by atoms with van der Waals surface area (Å²) >= 11 is 2.18. The monoisotopic (exact) mass is 360 g/mol. The van der Waals surface area contributed by atoms with Gasteiger partial charge in [-0.15, -0.1) is 0 Å². The van der Waals surface area contributed by atoms with E-state index < -0.39 is 11.8 Å². The van der Waals surface area contributed by atoms with Crippen LogP contribution < -0.4 is 10.6 Å². The third-order valence-electron chi connectivity index (χ3n) is 2.37. The fourth-order valence-electron chi connectivity index (χ4n) is 1.38. The lowest BCUT2D eigenvalue weighted by Crippen LogP contribution is -2.35. The van der Waals surface area contributed by atoms with Gasteiger partial charge in [-0.25, -0.2) is 0 Å². The van der Waals surface area contributed by atoms with E-state index in [4.69, 9.17) is 0 Å². The molecule has 98 valence electrons. The molecule has 1 aromatic rings.